The summed E-state index contributed by atoms with van der Waals surface area (Å²) in [6.07, 6.45) is 0. The number of carbonyl (C=O) groups is 1. The fourth-order valence-corrected chi connectivity index (χ4v) is 2.06. The molecule has 2 rings (SSSR count). The van der Waals surface area contributed by atoms with Crippen molar-refractivity contribution in [3.05, 3.63) is 33.0 Å². The molecule has 0 aliphatic heterocycles. The van der Waals surface area contributed by atoms with Crippen molar-refractivity contribution in [3.8, 4) is 5.75 Å². The fraction of sp³-hybridized carbons (Fsp3) is 0.0909. The lowest BCUT2D eigenvalue weighted by atomic mass is 10.1. The van der Waals surface area contributed by atoms with Gasteiger partial charge in [0, 0.05) is 10.8 Å². The summed E-state index contributed by atoms with van der Waals surface area (Å²) < 4.78 is 4.50. The lowest BCUT2D eigenvalue weighted by molar-refractivity contribution is 0.0591. The topological polar surface area (TPSA) is 59.4 Å². The summed E-state index contributed by atoms with van der Waals surface area (Å²) in [6.45, 7) is 0. The summed E-state index contributed by atoms with van der Waals surface area (Å²) in [7, 11) is 1.18. The Labute approximate surface area is 117 Å². The number of esters is 1. The van der Waals surface area contributed by atoms with Crippen LogP contribution >= 0.6 is 34.8 Å². The van der Waals surface area contributed by atoms with Crippen molar-refractivity contribution in [2.24, 2.45) is 0 Å². The third kappa shape index (κ3) is 2.07. The lowest BCUT2D eigenvalue weighted by Crippen LogP contribution is -2.05. The maximum atomic E-state index is 11.4. The fourth-order valence-electron chi connectivity index (χ4n) is 1.49. The maximum Gasteiger partial charge on any atom is 0.360 e. The normalized spacial score (nSPS) is 10.7. The summed E-state index contributed by atoms with van der Waals surface area (Å²) in [5.74, 6) is -1.14. The summed E-state index contributed by atoms with van der Waals surface area (Å²) in [5.41, 5.74) is -0.270. The van der Waals surface area contributed by atoms with Gasteiger partial charge in [-0.2, -0.15) is 0 Å². The van der Waals surface area contributed by atoms with E-state index in [-0.39, 0.29) is 32.0 Å². The van der Waals surface area contributed by atoms with Crippen LogP contribution in [0.15, 0.2) is 12.1 Å². The second-order valence-corrected chi connectivity index (χ2v) is 4.58. The maximum absolute atomic E-state index is 11.4. The number of aromatic hydroxyl groups is 1. The molecule has 1 aromatic carbocycles. The minimum atomic E-state index is -0.789. The van der Waals surface area contributed by atoms with Crippen molar-refractivity contribution in [1.29, 1.82) is 0 Å². The quantitative estimate of drug-likeness (QED) is 0.645. The van der Waals surface area contributed by atoms with Gasteiger partial charge < -0.3 is 9.84 Å². The highest BCUT2D eigenvalue weighted by Gasteiger charge is 2.20. The Bertz CT molecular complexity index is 658. The number of hydrogen-bond acceptors (Lipinski definition) is 4. The second-order valence-electron chi connectivity index (χ2n) is 3.40. The van der Waals surface area contributed by atoms with Crippen molar-refractivity contribution in [1.82, 2.24) is 4.98 Å². The molecular formula is C11H6Cl3NO3. The third-order valence-electron chi connectivity index (χ3n) is 2.35. The molecular weight excluding hydrogens is 300 g/mol. The molecule has 4 nitrogen and oxygen atoms in total. The molecule has 94 valence electrons. The van der Waals surface area contributed by atoms with Crippen LogP contribution in [-0.2, 0) is 4.74 Å². The van der Waals surface area contributed by atoms with E-state index in [1.807, 2.05) is 0 Å². The predicted molar refractivity (Wildman–Crippen MR) is 69.8 cm³/mol. The molecule has 0 aliphatic rings. The number of ether oxygens (including phenoxy) is 1. The molecule has 0 fully saturated rings. The smallest absolute Gasteiger partial charge is 0.360 e. The number of aromatic nitrogens is 1. The van der Waals surface area contributed by atoms with Gasteiger partial charge in [0.1, 0.15) is 5.15 Å². The molecule has 0 atom stereocenters. The molecule has 0 bridgehead atoms. The average Bonchev–Trinajstić information content (AvgIpc) is 2.35. The van der Waals surface area contributed by atoms with Crippen LogP contribution in [0.25, 0.3) is 10.8 Å². The monoisotopic (exact) mass is 305 g/mol. The van der Waals surface area contributed by atoms with Gasteiger partial charge in [0.15, 0.2) is 11.4 Å². The third-order valence-corrected chi connectivity index (χ3v) is 3.36. The number of carbonyl (C=O) groups excluding carboxylic acids is 1. The molecule has 0 spiro atoms. The van der Waals surface area contributed by atoms with Gasteiger partial charge in [-0.25, -0.2) is 9.78 Å². The van der Waals surface area contributed by atoms with Gasteiger partial charge in [-0.3, -0.25) is 0 Å². The first-order valence-electron chi connectivity index (χ1n) is 4.71. The second kappa shape index (κ2) is 4.80. The van der Waals surface area contributed by atoms with E-state index in [4.69, 9.17) is 34.8 Å². The van der Waals surface area contributed by atoms with Gasteiger partial charge in [0.2, 0.25) is 0 Å². The Morgan fingerprint density at radius 2 is 1.78 bits per heavy atom. The SMILES string of the molecule is COC(=O)c1nc(Cl)c2cc(Cl)c(Cl)cc2c1O. The summed E-state index contributed by atoms with van der Waals surface area (Å²) in [5, 5.41) is 11.2. The molecule has 0 unspecified atom stereocenters. The highest BCUT2D eigenvalue weighted by molar-refractivity contribution is 6.43. The number of hydrogen-bond donors (Lipinski definition) is 1. The van der Waals surface area contributed by atoms with Crippen LogP contribution in [0.2, 0.25) is 15.2 Å². The molecule has 1 heterocycles. The van der Waals surface area contributed by atoms with E-state index in [0.29, 0.717) is 5.39 Å². The number of benzene rings is 1. The largest absolute Gasteiger partial charge is 0.505 e. The zero-order valence-corrected chi connectivity index (χ0v) is 11.3. The van der Waals surface area contributed by atoms with Gasteiger partial charge >= 0.3 is 5.97 Å². The van der Waals surface area contributed by atoms with Crippen molar-refractivity contribution in [2.75, 3.05) is 7.11 Å². The van der Waals surface area contributed by atoms with Crippen LogP contribution in [0.4, 0.5) is 0 Å². The van der Waals surface area contributed by atoms with Crippen LogP contribution in [0.5, 0.6) is 5.75 Å². The van der Waals surface area contributed by atoms with Gasteiger partial charge in [-0.15, -0.1) is 0 Å². The lowest BCUT2D eigenvalue weighted by Gasteiger charge is -2.08. The molecule has 7 heteroatoms. The highest BCUT2D eigenvalue weighted by Crippen LogP contribution is 2.37. The Balaban J connectivity index is 2.85. The summed E-state index contributed by atoms with van der Waals surface area (Å²) in [6, 6.07) is 2.88. The van der Waals surface area contributed by atoms with Crippen molar-refractivity contribution < 1.29 is 14.6 Å². The first kappa shape index (κ1) is 13.2. The zero-order chi connectivity index (χ0) is 13.4. The summed E-state index contributed by atoms with van der Waals surface area (Å²) in [4.78, 5) is 15.2. The Kier molecular flexibility index (Phi) is 3.52. The van der Waals surface area contributed by atoms with Crippen molar-refractivity contribution in [2.45, 2.75) is 0 Å². The number of halogens is 3. The molecule has 2 aromatic rings. The average molecular weight is 307 g/mol. The van der Waals surface area contributed by atoms with E-state index >= 15 is 0 Å². The first-order chi connectivity index (χ1) is 8.45. The highest BCUT2D eigenvalue weighted by atomic mass is 35.5. The number of methoxy groups -OCH3 is 1. The Morgan fingerprint density at radius 1 is 1.22 bits per heavy atom. The predicted octanol–water partition coefficient (Wildman–Crippen LogP) is 3.69. The van der Waals surface area contributed by atoms with Crippen molar-refractivity contribution in [3.63, 3.8) is 0 Å². The van der Waals surface area contributed by atoms with Crippen LogP contribution in [0, 0.1) is 0 Å². The van der Waals surface area contributed by atoms with E-state index in [2.05, 4.69) is 9.72 Å². The van der Waals surface area contributed by atoms with Gasteiger partial charge in [-0.1, -0.05) is 34.8 Å². The molecule has 1 aromatic heterocycles. The molecule has 0 saturated heterocycles. The number of rotatable bonds is 1. The molecule has 18 heavy (non-hydrogen) atoms. The van der Waals surface area contributed by atoms with Crippen molar-refractivity contribution >= 4 is 51.5 Å². The molecule has 0 aliphatic carbocycles. The van der Waals surface area contributed by atoms with E-state index in [9.17, 15) is 9.90 Å². The zero-order valence-electron chi connectivity index (χ0n) is 9.00. The number of nitrogens with zero attached hydrogens (tertiary/aromatic N) is 1. The van der Waals surface area contributed by atoms with E-state index in [0.717, 1.165) is 0 Å². The van der Waals surface area contributed by atoms with E-state index < -0.39 is 5.97 Å². The Hall–Kier alpha value is -1.23. The number of pyridine rings is 1. The van der Waals surface area contributed by atoms with Crippen LogP contribution in [0.1, 0.15) is 10.5 Å². The van der Waals surface area contributed by atoms with E-state index in [1.54, 1.807) is 0 Å². The van der Waals surface area contributed by atoms with Gasteiger partial charge in [-0.05, 0) is 12.1 Å². The minimum absolute atomic E-state index is 0.0294. The van der Waals surface area contributed by atoms with Crippen LogP contribution in [0.3, 0.4) is 0 Å². The van der Waals surface area contributed by atoms with E-state index in [1.165, 1.54) is 19.2 Å². The molecule has 0 saturated carbocycles. The van der Waals surface area contributed by atoms with Crippen LogP contribution < -0.4 is 0 Å². The minimum Gasteiger partial charge on any atom is -0.505 e. The molecule has 1 N–H and O–H groups in total. The molecule has 0 radical (unpaired) electrons. The summed E-state index contributed by atoms with van der Waals surface area (Å²) >= 11 is 17.6. The standard InChI is InChI=1S/C11H6Cl3NO3/c1-18-11(17)8-9(16)4-2-6(12)7(13)3-5(4)10(14)15-8/h2-3,16H,1H3. The van der Waals surface area contributed by atoms with Gasteiger partial charge in [0.25, 0.3) is 0 Å². The van der Waals surface area contributed by atoms with Gasteiger partial charge in [0.05, 0.1) is 17.2 Å². The first-order valence-corrected chi connectivity index (χ1v) is 5.84. The molecule has 0 amide bonds. The Morgan fingerprint density at radius 3 is 2.33 bits per heavy atom. The number of fused-ring (bicyclic) bond motifs is 1. The van der Waals surface area contributed by atoms with Crippen LogP contribution in [-0.4, -0.2) is 23.2 Å².